The summed E-state index contributed by atoms with van der Waals surface area (Å²) in [5.41, 5.74) is 1.29. The molecular weight excluding hydrogens is 276 g/mol. The first-order chi connectivity index (χ1) is 10.8. The van der Waals surface area contributed by atoms with Gasteiger partial charge in [0.2, 0.25) is 0 Å². The molecule has 116 valence electrons. The predicted molar refractivity (Wildman–Crippen MR) is 84.1 cm³/mol. The molecule has 0 bridgehead atoms. The van der Waals surface area contributed by atoms with E-state index in [4.69, 9.17) is 0 Å². The maximum atomic E-state index is 4.35. The molecule has 6 heteroatoms. The second kappa shape index (κ2) is 5.68. The third kappa shape index (κ3) is 2.59. The number of aryl methyl sites for hydroxylation is 1. The molecular formula is C16H22N6. The number of hydrogen-bond donors (Lipinski definition) is 1. The van der Waals surface area contributed by atoms with Crippen LogP contribution >= 0.6 is 0 Å². The number of aromatic nitrogens is 4. The van der Waals surface area contributed by atoms with Crippen LogP contribution in [0.1, 0.15) is 18.5 Å². The van der Waals surface area contributed by atoms with Gasteiger partial charge in [-0.2, -0.15) is 0 Å². The van der Waals surface area contributed by atoms with Crippen LogP contribution in [-0.2, 0) is 13.6 Å². The Morgan fingerprint density at radius 1 is 1.18 bits per heavy atom. The van der Waals surface area contributed by atoms with Crippen molar-refractivity contribution in [3.05, 3.63) is 36.8 Å². The lowest BCUT2D eigenvalue weighted by atomic mass is 9.98. The van der Waals surface area contributed by atoms with Crippen molar-refractivity contribution >= 4 is 5.82 Å². The zero-order valence-electron chi connectivity index (χ0n) is 12.9. The van der Waals surface area contributed by atoms with Crippen molar-refractivity contribution in [3.8, 4) is 0 Å². The Hall–Kier alpha value is -1.95. The lowest BCUT2D eigenvalue weighted by molar-refractivity contribution is 0.294. The zero-order chi connectivity index (χ0) is 14.9. The van der Waals surface area contributed by atoms with Crippen LogP contribution < -0.4 is 5.32 Å². The van der Waals surface area contributed by atoms with Gasteiger partial charge in [-0.3, -0.25) is 9.88 Å². The molecule has 2 aromatic heterocycles. The van der Waals surface area contributed by atoms with Gasteiger partial charge in [0.15, 0.2) is 0 Å². The maximum absolute atomic E-state index is 4.35. The molecule has 2 fully saturated rings. The number of hydrogen-bond acceptors (Lipinski definition) is 5. The summed E-state index contributed by atoms with van der Waals surface area (Å²) in [4.78, 5) is 15.3. The van der Waals surface area contributed by atoms with Crippen molar-refractivity contribution < 1.29 is 0 Å². The van der Waals surface area contributed by atoms with Gasteiger partial charge in [-0.25, -0.2) is 9.97 Å². The number of nitrogens with one attached hydrogen (secondary N) is 1. The maximum Gasteiger partial charge on any atom is 0.144 e. The van der Waals surface area contributed by atoms with Crippen LogP contribution in [0.3, 0.4) is 0 Å². The molecule has 0 unspecified atom stereocenters. The zero-order valence-corrected chi connectivity index (χ0v) is 12.9. The van der Waals surface area contributed by atoms with E-state index in [-0.39, 0.29) is 0 Å². The van der Waals surface area contributed by atoms with Crippen LogP contribution in [-0.4, -0.2) is 43.6 Å². The average molecular weight is 298 g/mol. The second-order valence-electron chi connectivity index (χ2n) is 6.53. The fourth-order valence-corrected chi connectivity index (χ4v) is 4.00. The molecule has 0 radical (unpaired) electrons. The standard InChI is InChI=1S/C16H22N6/c1-21-11-18-6-13(21)9-22-8-12-2-3-15(14(12)10-22)20-16-7-17-4-5-19-16/h4-7,11-12,14-15H,2-3,8-10H2,1H3,(H,19,20)/t12-,14+,15-/m1/s1. The van der Waals surface area contributed by atoms with E-state index in [1.807, 2.05) is 18.7 Å². The SMILES string of the molecule is Cn1cncc1CN1C[C@H]2CC[C@@H](Nc3cnccn3)[C@H]2C1. The number of nitrogens with zero attached hydrogens (tertiary/aromatic N) is 5. The minimum atomic E-state index is 0.526. The number of anilines is 1. The highest BCUT2D eigenvalue weighted by atomic mass is 15.2. The Kier molecular flexibility index (Phi) is 3.54. The van der Waals surface area contributed by atoms with Crippen molar-refractivity contribution in [3.63, 3.8) is 0 Å². The fraction of sp³-hybridized carbons (Fsp3) is 0.562. The van der Waals surface area contributed by atoms with Gasteiger partial charge in [0, 0.05) is 51.3 Å². The molecule has 6 nitrogen and oxygen atoms in total. The highest BCUT2D eigenvalue weighted by Crippen LogP contribution is 2.39. The quantitative estimate of drug-likeness (QED) is 0.927. The van der Waals surface area contributed by atoms with E-state index in [9.17, 15) is 0 Å². The lowest BCUT2D eigenvalue weighted by Crippen LogP contribution is -2.30. The van der Waals surface area contributed by atoms with E-state index in [1.54, 1.807) is 12.4 Å². The summed E-state index contributed by atoms with van der Waals surface area (Å²) in [5, 5.41) is 3.59. The van der Waals surface area contributed by atoms with Gasteiger partial charge in [0.25, 0.3) is 0 Å². The number of fused-ring (bicyclic) bond motifs is 1. The van der Waals surface area contributed by atoms with E-state index < -0.39 is 0 Å². The minimum Gasteiger partial charge on any atom is -0.366 e. The number of likely N-dealkylation sites (tertiary alicyclic amines) is 1. The largest absolute Gasteiger partial charge is 0.366 e. The topological polar surface area (TPSA) is 58.9 Å². The molecule has 3 atom stereocenters. The van der Waals surface area contributed by atoms with Gasteiger partial charge >= 0.3 is 0 Å². The van der Waals surface area contributed by atoms with Crippen LogP contribution in [0, 0.1) is 11.8 Å². The third-order valence-electron chi connectivity index (χ3n) is 5.13. The summed E-state index contributed by atoms with van der Waals surface area (Å²) in [6.45, 7) is 3.36. The summed E-state index contributed by atoms with van der Waals surface area (Å²) in [7, 11) is 2.07. The van der Waals surface area contributed by atoms with Crippen molar-refractivity contribution in [1.82, 2.24) is 24.4 Å². The molecule has 22 heavy (non-hydrogen) atoms. The average Bonchev–Trinajstić information content (AvgIpc) is 3.20. The van der Waals surface area contributed by atoms with E-state index in [0.717, 1.165) is 30.7 Å². The normalized spacial score (nSPS) is 28.0. The highest BCUT2D eigenvalue weighted by molar-refractivity contribution is 5.32. The van der Waals surface area contributed by atoms with Gasteiger partial charge in [-0.05, 0) is 24.7 Å². The molecule has 4 rings (SSSR count). The molecule has 3 heterocycles. The Labute approximate surface area is 130 Å². The van der Waals surface area contributed by atoms with E-state index >= 15 is 0 Å². The molecule has 2 aromatic rings. The van der Waals surface area contributed by atoms with E-state index in [0.29, 0.717) is 6.04 Å². The first-order valence-electron chi connectivity index (χ1n) is 7.99. The van der Waals surface area contributed by atoms with Crippen LogP contribution in [0.15, 0.2) is 31.1 Å². The van der Waals surface area contributed by atoms with Gasteiger partial charge in [-0.1, -0.05) is 0 Å². The van der Waals surface area contributed by atoms with Crippen LogP contribution in [0.2, 0.25) is 0 Å². The monoisotopic (exact) mass is 298 g/mol. The van der Waals surface area contributed by atoms with Gasteiger partial charge in [-0.15, -0.1) is 0 Å². The Morgan fingerprint density at radius 3 is 2.91 bits per heavy atom. The Balaban J connectivity index is 1.40. The Bertz CT molecular complexity index is 625. The molecule has 1 N–H and O–H groups in total. The van der Waals surface area contributed by atoms with Crippen LogP contribution in [0.4, 0.5) is 5.82 Å². The Morgan fingerprint density at radius 2 is 2.14 bits per heavy atom. The summed E-state index contributed by atoms with van der Waals surface area (Å²) in [6, 6.07) is 0.526. The molecule has 2 aliphatic rings. The lowest BCUT2D eigenvalue weighted by Gasteiger charge is -2.22. The third-order valence-corrected chi connectivity index (χ3v) is 5.13. The van der Waals surface area contributed by atoms with Crippen molar-refractivity contribution in [2.45, 2.75) is 25.4 Å². The van der Waals surface area contributed by atoms with E-state index in [2.05, 4.69) is 36.8 Å². The summed E-state index contributed by atoms with van der Waals surface area (Å²) >= 11 is 0. The molecule has 0 amide bonds. The predicted octanol–water partition coefficient (Wildman–Crippen LogP) is 1.53. The molecule has 1 saturated heterocycles. The minimum absolute atomic E-state index is 0.526. The summed E-state index contributed by atoms with van der Waals surface area (Å²) < 4.78 is 2.11. The summed E-state index contributed by atoms with van der Waals surface area (Å²) in [5.74, 6) is 2.43. The van der Waals surface area contributed by atoms with Gasteiger partial charge < -0.3 is 9.88 Å². The highest BCUT2D eigenvalue weighted by Gasteiger charge is 2.42. The molecule has 0 spiro atoms. The first-order valence-corrected chi connectivity index (χ1v) is 7.99. The van der Waals surface area contributed by atoms with Crippen molar-refractivity contribution in [2.75, 3.05) is 18.4 Å². The summed E-state index contributed by atoms with van der Waals surface area (Å²) in [6.07, 6.45) is 11.7. The smallest absolute Gasteiger partial charge is 0.144 e. The number of rotatable bonds is 4. The number of imidazole rings is 1. The van der Waals surface area contributed by atoms with Gasteiger partial charge in [0.05, 0.1) is 18.2 Å². The first kappa shape index (κ1) is 13.7. The van der Waals surface area contributed by atoms with Crippen molar-refractivity contribution in [1.29, 1.82) is 0 Å². The molecule has 1 aliphatic carbocycles. The molecule has 1 saturated carbocycles. The molecule has 0 aromatic carbocycles. The van der Waals surface area contributed by atoms with Gasteiger partial charge in [0.1, 0.15) is 5.82 Å². The second-order valence-corrected chi connectivity index (χ2v) is 6.53. The fourth-order valence-electron chi connectivity index (χ4n) is 4.00. The van der Waals surface area contributed by atoms with Crippen molar-refractivity contribution in [2.24, 2.45) is 18.9 Å². The van der Waals surface area contributed by atoms with Crippen LogP contribution in [0.5, 0.6) is 0 Å². The van der Waals surface area contributed by atoms with Crippen LogP contribution in [0.25, 0.3) is 0 Å². The molecule has 1 aliphatic heterocycles. The van der Waals surface area contributed by atoms with E-state index in [1.165, 1.54) is 25.1 Å².